The fraction of sp³-hybridized carbons (Fsp3) is 0.400. The summed E-state index contributed by atoms with van der Waals surface area (Å²) >= 11 is 1.68. The average Bonchev–Trinajstić information content (AvgIpc) is 3.50. The highest BCUT2D eigenvalue weighted by Crippen LogP contribution is 2.38. The second-order valence-corrected chi connectivity index (χ2v) is 10.1. The van der Waals surface area contributed by atoms with Gasteiger partial charge in [-0.1, -0.05) is 0 Å². The van der Waals surface area contributed by atoms with Crippen LogP contribution in [0.4, 0.5) is 0 Å². The molecule has 0 spiro atoms. The molecule has 1 saturated heterocycles. The van der Waals surface area contributed by atoms with Crippen molar-refractivity contribution < 1.29 is 9.15 Å². The first kappa shape index (κ1) is 19.9. The molecule has 32 heavy (non-hydrogen) atoms. The number of rotatable bonds is 4. The van der Waals surface area contributed by atoms with Crippen molar-refractivity contribution in [3.63, 3.8) is 0 Å². The van der Waals surface area contributed by atoms with Crippen molar-refractivity contribution in [2.24, 2.45) is 0 Å². The Balaban J connectivity index is 1.42. The van der Waals surface area contributed by atoms with E-state index >= 15 is 0 Å². The van der Waals surface area contributed by atoms with Gasteiger partial charge in [0.05, 0.1) is 11.9 Å². The van der Waals surface area contributed by atoms with Gasteiger partial charge in [-0.05, 0) is 82.3 Å². The third kappa shape index (κ3) is 3.31. The minimum absolute atomic E-state index is 0.219. The number of hydrogen-bond acceptors (Lipinski definition) is 7. The minimum atomic E-state index is -0.219. The second kappa shape index (κ2) is 7.67. The van der Waals surface area contributed by atoms with Crippen molar-refractivity contribution in [2.75, 3.05) is 13.1 Å². The number of likely N-dealkylation sites (tertiary alicyclic amines) is 1. The van der Waals surface area contributed by atoms with Crippen LogP contribution >= 0.6 is 11.3 Å². The van der Waals surface area contributed by atoms with Gasteiger partial charge in [0.15, 0.2) is 0 Å². The fourth-order valence-corrected chi connectivity index (χ4v) is 6.02. The molecule has 0 unspecified atom stereocenters. The summed E-state index contributed by atoms with van der Waals surface area (Å²) in [7, 11) is 0. The van der Waals surface area contributed by atoms with Gasteiger partial charge >= 0.3 is 5.63 Å². The summed E-state index contributed by atoms with van der Waals surface area (Å²) in [6.45, 7) is 7.12. The fourth-order valence-electron chi connectivity index (χ4n) is 4.98. The van der Waals surface area contributed by atoms with Gasteiger partial charge in [-0.2, -0.15) is 4.98 Å². The van der Waals surface area contributed by atoms with Gasteiger partial charge < -0.3 is 9.15 Å². The van der Waals surface area contributed by atoms with Crippen molar-refractivity contribution in [1.29, 1.82) is 0 Å². The van der Waals surface area contributed by atoms with Crippen molar-refractivity contribution in [1.82, 2.24) is 14.9 Å². The Morgan fingerprint density at radius 1 is 1.09 bits per heavy atom. The van der Waals surface area contributed by atoms with Crippen LogP contribution in [0, 0.1) is 13.8 Å². The highest BCUT2D eigenvalue weighted by atomic mass is 32.1. The summed E-state index contributed by atoms with van der Waals surface area (Å²) in [4.78, 5) is 26.6. The first-order valence-corrected chi connectivity index (χ1v) is 12.1. The molecule has 2 aliphatic rings. The van der Waals surface area contributed by atoms with Crippen molar-refractivity contribution >= 4 is 32.5 Å². The summed E-state index contributed by atoms with van der Waals surface area (Å²) in [5.41, 5.74) is 3.47. The molecule has 0 atom stereocenters. The lowest BCUT2D eigenvalue weighted by molar-refractivity contribution is 0.321. The molecule has 4 aromatic rings. The average molecular weight is 448 g/mol. The van der Waals surface area contributed by atoms with Crippen molar-refractivity contribution in [2.45, 2.75) is 52.5 Å². The number of aryl methyl sites for hydroxylation is 3. The molecule has 0 amide bonds. The first-order valence-electron chi connectivity index (χ1n) is 11.3. The van der Waals surface area contributed by atoms with Crippen LogP contribution in [0.1, 0.15) is 46.7 Å². The second-order valence-electron chi connectivity index (χ2n) is 8.85. The lowest BCUT2D eigenvalue weighted by Crippen LogP contribution is -2.20. The van der Waals surface area contributed by atoms with Gasteiger partial charge in [0.1, 0.15) is 22.0 Å². The summed E-state index contributed by atoms with van der Waals surface area (Å²) in [6, 6.07) is 5.77. The zero-order chi connectivity index (χ0) is 21.8. The Morgan fingerprint density at radius 2 is 1.91 bits per heavy atom. The van der Waals surface area contributed by atoms with Gasteiger partial charge in [0.25, 0.3) is 0 Å². The number of hydrogen-bond donors (Lipinski definition) is 0. The summed E-state index contributed by atoms with van der Waals surface area (Å²) in [6.07, 6.45) is 5.20. The molecule has 7 heteroatoms. The number of fused-ring (bicyclic) bond motifs is 4. The minimum Gasteiger partial charge on any atom is -0.438 e. The molecular formula is C25H25N3O3S. The number of aromatic nitrogens is 2. The van der Waals surface area contributed by atoms with E-state index in [0.717, 1.165) is 77.0 Å². The van der Waals surface area contributed by atoms with E-state index in [1.54, 1.807) is 11.3 Å². The summed E-state index contributed by atoms with van der Waals surface area (Å²) in [5.74, 6) is 1.99. The molecule has 1 fully saturated rings. The molecule has 0 radical (unpaired) electrons. The molecule has 6 rings (SSSR count). The van der Waals surface area contributed by atoms with Crippen LogP contribution in [0.15, 0.2) is 27.4 Å². The quantitative estimate of drug-likeness (QED) is 0.396. The molecule has 0 bridgehead atoms. The maximum atomic E-state index is 12.4. The molecule has 6 nitrogen and oxygen atoms in total. The summed E-state index contributed by atoms with van der Waals surface area (Å²) in [5, 5.41) is 1.97. The maximum absolute atomic E-state index is 12.4. The van der Waals surface area contributed by atoms with Crippen LogP contribution in [0.3, 0.4) is 0 Å². The third-order valence-corrected chi connectivity index (χ3v) is 7.87. The van der Waals surface area contributed by atoms with Crippen LogP contribution in [-0.2, 0) is 19.4 Å². The van der Waals surface area contributed by atoms with E-state index in [1.807, 2.05) is 18.2 Å². The van der Waals surface area contributed by atoms with E-state index in [1.165, 1.54) is 17.7 Å². The van der Waals surface area contributed by atoms with E-state index in [2.05, 4.69) is 18.7 Å². The molecule has 0 N–H and O–H groups in total. The van der Waals surface area contributed by atoms with Crippen LogP contribution in [-0.4, -0.2) is 28.0 Å². The Kier molecular flexibility index (Phi) is 4.77. The van der Waals surface area contributed by atoms with Crippen LogP contribution in [0.25, 0.3) is 21.2 Å². The molecule has 1 aliphatic heterocycles. The van der Waals surface area contributed by atoms with Crippen LogP contribution in [0.5, 0.6) is 11.6 Å². The maximum Gasteiger partial charge on any atom is 0.339 e. The Morgan fingerprint density at radius 3 is 2.75 bits per heavy atom. The third-order valence-electron chi connectivity index (χ3n) is 6.77. The van der Waals surface area contributed by atoms with Crippen molar-refractivity contribution in [3.05, 3.63) is 56.0 Å². The normalized spacial score (nSPS) is 16.3. The monoisotopic (exact) mass is 447 g/mol. The van der Waals surface area contributed by atoms with E-state index in [0.29, 0.717) is 17.2 Å². The number of ether oxygens (including phenoxy) is 1. The highest BCUT2D eigenvalue weighted by molar-refractivity contribution is 7.18. The largest absolute Gasteiger partial charge is 0.438 e. The Labute approximate surface area is 189 Å². The lowest BCUT2D eigenvalue weighted by atomic mass is 10.1. The van der Waals surface area contributed by atoms with Gasteiger partial charge in [-0.15, -0.1) is 11.3 Å². The molecule has 1 aromatic carbocycles. The SMILES string of the molecule is Cc1sc2nc(CN3CCCC3)nc(Oc3ccc4c5c(c(=O)oc4c3)CCC5)c2c1C. The van der Waals surface area contributed by atoms with Gasteiger partial charge in [-0.3, -0.25) is 4.90 Å². The molecule has 0 saturated carbocycles. The van der Waals surface area contributed by atoms with Crippen LogP contribution in [0.2, 0.25) is 0 Å². The van der Waals surface area contributed by atoms with Crippen molar-refractivity contribution in [3.8, 4) is 11.6 Å². The van der Waals surface area contributed by atoms with E-state index in [4.69, 9.17) is 19.1 Å². The standard InChI is InChI=1S/C25H25N3O3S/c1-14-15(2)32-24-22(14)23(26-21(27-24)13-28-10-3-4-11-28)30-16-8-9-18-17-6-5-7-19(17)25(29)31-20(18)12-16/h8-9,12H,3-7,10-11,13H2,1-2H3. The first-order chi connectivity index (χ1) is 15.6. The number of benzene rings is 1. The van der Waals surface area contributed by atoms with Crippen LogP contribution < -0.4 is 10.4 Å². The lowest BCUT2D eigenvalue weighted by Gasteiger charge is -2.14. The predicted octanol–water partition coefficient (Wildman–Crippen LogP) is 5.29. The van der Waals surface area contributed by atoms with E-state index in [-0.39, 0.29) is 5.63 Å². The molecule has 1 aliphatic carbocycles. The van der Waals surface area contributed by atoms with E-state index < -0.39 is 0 Å². The highest BCUT2D eigenvalue weighted by Gasteiger charge is 2.22. The molecule has 164 valence electrons. The molecular weight excluding hydrogens is 422 g/mol. The molecule has 3 aromatic heterocycles. The zero-order valence-corrected chi connectivity index (χ0v) is 19.2. The smallest absolute Gasteiger partial charge is 0.339 e. The predicted molar refractivity (Wildman–Crippen MR) is 126 cm³/mol. The van der Waals surface area contributed by atoms with Gasteiger partial charge in [-0.25, -0.2) is 9.78 Å². The van der Waals surface area contributed by atoms with E-state index in [9.17, 15) is 4.79 Å². The topological polar surface area (TPSA) is 68.5 Å². The number of nitrogens with zero attached hydrogens (tertiary/aromatic N) is 3. The summed E-state index contributed by atoms with van der Waals surface area (Å²) < 4.78 is 12.0. The Hall–Kier alpha value is -2.77. The molecule has 4 heterocycles. The Bertz CT molecular complexity index is 1420. The zero-order valence-electron chi connectivity index (χ0n) is 18.4. The van der Waals surface area contributed by atoms with Gasteiger partial charge in [0, 0.05) is 21.9 Å². The number of thiophene rings is 1. The van der Waals surface area contributed by atoms with Gasteiger partial charge in [0.2, 0.25) is 5.88 Å².